The van der Waals surface area contributed by atoms with Gasteiger partial charge in [-0.05, 0) is 0 Å². The number of hydrogen-bond acceptors (Lipinski definition) is 0. The van der Waals surface area contributed by atoms with Crippen molar-refractivity contribution in [2.75, 3.05) is 0 Å². The van der Waals surface area contributed by atoms with Crippen molar-refractivity contribution >= 4 is 23.7 Å². The number of unbranched alkanes of at least 4 members (excludes halogenated alkanes) is 2. The summed E-state index contributed by atoms with van der Waals surface area (Å²) in [5, 5.41) is 2.70. The van der Waals surface area contributed by atoms with Crippen molar-refractivity contribution in [3.63, 3.8) is 0 Å². The first kappa shape index (κ1) is 10.8. The van der Waals surface area contributed by atoms with E-state index in [1.165, 1.54) is 36.1 Å². The average molecular weight is 225 g/mol. The first-order valence-corrected chi connectivity index (χ1v) is 9.34. The van der Waals surface area contributed by atoms with Gasteiger partial charge in [0.2, 0.25) is 0 Å². The Balaban J connectivity index is 3.00. The van der Waals surface area contributed by atoms with Crippen molar-refractivity contribution in [2.24, 2.45) is 0 Å². The summed E-state index contributed by atoms with van der Waals surface area (Å²) >= 11 is -0.826. The van der Waals surface area contributed by atoms with Crippen molar-refractivity contribution < 1.29 is 0 Å². The van der Waals surface area contributed by atoms with Gasteiger partial charge in [0, 0.05) is 0 Å². The fourth-order valence-corrected chi connectivity index (χ4v) is 5.25. The maximum absolute atomic E-state index is 6.18. The molecule has 0 aliphatic heterocycles. The van der Waals surface area contributed by atoms with E-state index in [2.05, 4.69) is 13.8 Å². The molecule has 10 heavy (non-hydrogen) atoms. The monoisotopic (exact) mass is 224 g/mol. The topological polar surface area (TPSA) is 0 Å². The average Bonchev–Trinajstić information content (AvgIpc) is 1.97. The zero-order valence-electron chi connectivity index (χ0n) is 7.07. The van der Waals surface area contributed by atoms with E-state index in [0.29, 0.717) is 0 Å². The number of halogens is 1. The predicted octanol–water partition coefficient (Wildman–Crippen LogP) is 3.82. The second-order valence-corrected chi connectivity index (χ2v) is 8.92. The fraction of sp³-hybridized carbons (Fsp3) is 1.00. The van der Waals surface area contributed by atoms with Crippen LogP contribution in [0.25, 0.3) is 0 Å². The molecule has 0 aromatic carbocycles. The van der Waals surface area contributed by atoms with Crippen molar-refractivity contribution in [2.45, 2.75) is 49.9 Å². The second kappa shape index (κ2) is 7.95. The zero-order chi connectivity index (χ0) is 7.82. The molecule has 0 amide bonds. The molecule has 0 unspecified atom stereocenters. The van der Waals surface area contributed by atoms with Crippen LogP contribution in [0.1, 0.15) is 39.5 Å². The van der Waals surface area contributed by atoms with Gasteiger partial charge in [-0.3, -0.25) is 0 Å². The van der Waals surface area contributed by atoms with E-state index in [0.717, 1.165) is 0 Å². The van der Waals surface area contributed by atoms with Gasteiger partial charge >= 0.3 is 73.6 Å². The summed E-state index contributed by atoms with van der Waals surface area (Å²) in [5.41, 5.74) is 0. The van der Waals surface area contributed by atoms with Crippen molar-refractivity contribution in [3.05, 3.63) is 0 Å². The van der Waals surface area contributed by atoms with Crippen molar-refractivity contribution in [3.8, 4) is 0 Å². The molecule has 0 atom stereocenters. The van der Waals surface area contributed by atoms with Gasteiger partial charge in [0.1, 0.15) is 0 Å². The first-order valence-electron chi connectivity index (χ1n) is 4.22. The number of hydrogen-bond donors (Lipinski definition) is 0. The summed E-state index contributed by atoms with van der Waals surface area (Å²) in [7, 11) is 6.18. The molecule has 2 heteroatoms. The van der Waals surface area contributed by atoms with E-state index in [9.17, 15) is 0 Å². The Bertz CT molecular complexity index is 58.3. The molecule has 0 aliphatic rings. The van der Waals surface area contributed by atoms with E-state index < -0.39 is 13.7 Å². The first-order chi connectivity index (χ1) is 4.81. The Kier molecular flexibility index (Phi) is 8.62. The van der Waals surface area contributed by atoms with Gasteiger partial charge in [-0.15, -0.1) is 0 Å². The minimum absolute atomic E-state index is 0.826. The molecule has 0 aromatic heterocycles. The molecule has 0 spiro atoms. The molecule has 0 saturated heterocycles. The van der Waals surface area contributed by atoms with E-state index in [-0.39, 0.29) is 0 Å². The van der Waals surface area contributed by atoms with Gasteiger partial charge in [0.05, 0.1) is 0 Å². The van der Waals surface area contributed by atoms with Crippen molar-refractivity contribution in [1.82, 2.24) is 0 Å². The molecule has 0 aliphatic carbocycles. The molecule has 0 heterocycles. The molecule has 0 N–H and O–H groups in total. The Hall–Kier alpha value is 0.848. The second-order valence-electron chi connectivity index (χ2n) is 2.62. The maximum atomic E-state index is 6.18. The quantitative estimate of drug-likeness (QED) is 0.602. The van der Waals surface area contributed by atoms with E-state index >= 15 is 0 Å². The zero-order valence-corrected chi connectivity index (χ0v) is 9.70. The molecular weight excluding hydrogens is 206 g/mol. The van der Waals surface area contributed by atoms with Crippen LogP contribution in [-0.2, 0) is 0 Å². The van der Waals surface area contributed by atoms with Gasteiger partial charge in [-0.25, -0.2) is 0 Å². The Morgan fingerprint density at radius 3 is 1.70 bits per heavy atom. The molecule has 0 radical (unpaired) electrons. The van der Waals surface area contributed by atoms with Gasteiger partial charge in [0.25, 0.3) is 0 Å². The third-order valence-electron chi connectivity index (χ3n) is 1.51. The van der Waals surface area contributed by atoms with Crippen LogP contribution in [0, 0.1) is 0 Å². The normalized spacial score (nSPS) is 10.8. The van der Waals surface area contributed by atoms with E-state index in [4.69, 9.17) is 9.95 Å². The Morgan fingerprint density at radius 1 is 1.00 bits per heavy atom. The van der Waals surface area contributed by atoms with Crippen LogP contribution in [0.5, 0.6) is 0 Å². The van der Waals surface area contributed by atoms with E-state index in [1.54, 1.807) is 0 Å². The molecule has 62 valence electrons. The van der Waals surface area contributed by atoms with Gasteiger partial charge < -0.3 is 0 Å². The molecule has 0 aromatic rings. The Labute approximate surface area is 73.8 Å². The van der Waals surface area contributed by atoms with Crippen LogP contribution in [0.3, 0.4) is 0 Å². The molecular formula is C8H18AsCl. The minimum atomic E-state index is -0.826. The van der Waals surface area contributed by atoms with Crippen LogP contribution in [0.4, 0.5) is 0 Å². The van der Waals surface area contributed by atoms with Gasteiger partial charge in [-0.1, -0.05) is 0 Å². The predicted molar refractivity (Wildman–Crippen MR) is 51.0 cm³/mol. The van der Waals surface area contributed by atoms with Crippen LogP contribution >= 0.6 is 9.95 Å². The SMILES string of the molecule is CCCC[As](Cl)CCCC. The third-order valence-corrected chi connectivity index (χ3v) is 6.63. The van der Waals surface area contributed by atoms with Gasteiger partial charge in [0.15, 0.2) is 0 Å². The standard InChI is InChI=1S/C8H18AsCl/c1-3-5-7-9(10)8-6-4-2/h3-8H2,1-2H3. The summed E-state index contributed by atoms with van der Waals surface area (Å²) < 4.78 is 0. The molecule has 0 rings (SSSR count). The van der Waals surface area contributed by atoms with Gasteiger partial charge in [-0.2, -0.15) is 0 Å². The molecule has 0 nitrogen and oxygen atoms in total. The molecule has 0 saturated carbocycles. The van der Waals surface area contributed by atoms with Crippen LogP contribution < -0.4 is 0 Å². The summed E-state index contributed by atoms with van der Waals surface area (Å²) in [6, 6.07) is 0. The van der Waals surface area contributed by atoms with E-state index in [1.807, 2.05) is 0 Å². The summed E-state index contributed by atoms with van der Waals surface area (Å²) in [5.74, 6) is 0. The van der Waals surface area contributed by atoms with Crippen LogP contribution in [0.15, 0.2) is 0 Å². The Morgan fingerprint density at radius 2 is 1.40 bits per heavy atom. The molecule has 0 fully saturated rings. The summed E-state index contributed by atoms with van der Waals surface area (Å²) in [6.45, 7) is 4.47. The third kappa shape index (κ3) is 6.96. The summed E-state index contributed by atoms with van der Waals surface area (Å²) in [4.78, 5) is 0. The fourth-order valence-electron chi connectivity index (χ4n) is 0.771. The number of rotatable bonds is 6. The van der Waals surface area contributed by atoms with Crippen molar-refractivity contribution in [1.29, 1.82) is 0 Å². The molecule has 0 bridgehead atoms. The van der Waals surface area contributed by atoms with Crippen LogP contribution in [-0.4, -0.2) is 13.7 Å². The van der Waals surface area contributed by atoms with Crippen LogP contribution in [0.2, 0.25) is 10.4 Å². The summed E-state index contributed by atoms with van der Waals surface area (Å²) in [6.07, 6.45) is 5.33.